The van der Waals surface area contributed by atoms with E-state index in [4.69, 9.17) is 23.2 Å². The number of nitrogens with zero attached hydrogens (tertiary/aromatic N) is 3. The number of hydrogen-bond acceptors (Lipinski definition) is 4. The van der Waals surface area contributed by atoms with Crippen LogP contribution in [-0.2, 0) is 12.8 Å². The van der Waals surface area contributed by atoms with Crippen LogP contribution in [0.3, 0.4) is 0 Å². The van der Waals surface area contributed by atoms with Gasteiger partial charge in [0.2, 0.25) is 0 Å². The van der Waals surface area contributed by atoms with Crippen LogP contribution in [0.15, 0.2) is 47.6 Å². The highest BCUT2D eigenvalue weighted by Gasteiger charge is 2.26. The molecule has 30 heavy (non-hydrogen) atoms. The second kappa shape index (κ2) is 9.86. The molecule has 0 unspecified atom stereocenters. The molecule has 3 rings (SSSR count). The van der Waals surface area contributed by atoms with Gasteiger partial charge in [0.1, 0.15) is 0 Å². The molecule has 1 N–H and O–H groups in total. The quantitative estimate of drug-likeness (QED) is 0.447. The Morgan fingerprint density at radius 1 is 1.13 bits per heavy atom. The summed E-state index contributed by atoms with van der Waals surface area (Å²) in [7, 11) is 1.92. The van der Waals surface area contributed by atoms with E-state index in [0.29, 0.717) is 21.4 Å². The van der Waals surface area contributed by atoms with E-state index in [1.807, 2.05) is 25.5 Å². The summed E-state index contributed by atoms with van der Waals surface area (Å²) in [5, 5.41) is 13.4. The largest absolute Gasteiger partial charge is 0.342 e. The fraction of sp³-hybridized carbons (Fsp3) is 0.318. The second-order valence-electron chi connectivity index (χ2n) is 7.49. The topological polar surface area (TPSA) is 59.8 Å². The van der Waals surface area contributed by atoms with Crippen molar-refractivity contribution in [2.45, 2.75) is 37.7 Å². The van der Waals surface area contributed by atoms with Crippen molar-refractivity contribution in [1.29, 1.82) is 0 Å². The van der Waals surface area contributed by atoms with Crippen LogP contribution in [0.25, 0.3) is 0 Å². The maximum atomic E-state index is 12.8. The molecule has 3 aromatic rings. The van der Waals surface area contributed by atoms with Gasteiger partial charge in [0.25, 0.3) is 5.91 Å². The van der Waals surface area contributed by atoms with Gasteiger partial charge in [0.15, 0.2) is 11.0 Å². The first kappa shape index (κ1) is 22.7. The number of rotatable bonds is 7. The molecule has 1 heterocycles. The number of halogens is 2. The number of hydrogen-bond donors (Lipinski definition) is 1. The molecule has 0 aliphatic rings. The first-order valence-corrected chi connectivity index (χ1v) is 11.3. The van der Waals surface area contributed by atoms with Gasteiger partial charge in [0.05, 0.1) is 16.6 Å². The highest BCUT2D eigenvalue weighted by molar-refractivity contribution is 7.98. The van der Waals surface area contributed by atoms with Crippen molar-refractivity contribution in [2.24, 2.45) is 13.0 Å². The molecule has 158 valence electrons. The van der Waals surface area contributed by atoms with Crippen LogP contribution in [0.4, 0.5) is 0 Å². The Kier molecular flexibility index (Phi) is 7.45. The normalized spacial score (nSPS) is 12.2. The van der Waals surface area contributed by atoms with Gasteiger partial charge < -0.3 is 9.88 Å². The molecule has 5 nitrogen and oxygen atoms in total. The molecule has 8 heteroatoms. The lowest BCUT2D eigenvalue weighted by molar-refractivity contribution is 0.0922. The maximum absolute atomic E-state index is 12.8. The third kappa shape index (κ3) is 5.36. The van der Waals surface area contributed by atoms with Gasteiger partial charge in [-0.05, 0) is 36.6 Å². The molecular formula is C22H24Cl2N4OS. The summed E-state index contributed by atoms with van der Waals surface area (Å²) in [4.78, 5) is 12.8. The van der Waals surface area contributed by atoms with Crippen LogP contribution in [0.5, 0.6) is 0 Å². The zero-order valence-corrected chi connectivity index (χ0v) is 19.6. The van der Waals surface area contributed by atoms with Crippen LogP contribution in [0.2, 0.25) is 10.0 Å². The highest BCUT2D eigenvalue weighted by atomic mass is 35.5. The molecule has 0 saturated carbocycles. The number of carbonyl (C=O) groups is 1. The molecule has 0 aliphatic heterocycles. The van der Waals surface area contributed by atoms with Gasteiger partial charge in [-0.25, -0.2) is 0 Å². The minimum Gasteiger partial charge on any atom is -0.342 e. The van der Waals surface area contributed by atoms with Gasteiger partial charge in [-0.3, -0.25) is 4.79 Å². The predicted octanol–water partition coefficient (Wildman–Crippen LogP) is 5.85. The molecule has 1 atom stereocenters. The SMILES string of the molecule is Cc1ccc(CSc2nnc([C@H](NC(=O)c3ccc(Cl)cc3Cl)C(C)C)n2C)cc1. The molecule has 0 aliphatic carbocycles. The van der Waals surface area contributed by atoms with E-state index in [1.54, 1.807) is 30.0 Å². The summed E-state index contributed by atoms with van der Waals surface area (Å²) in [5.41, 5.74) is 2.84. The average molecular weight is 463 g/mol. The van der Waals surface area contributed by atoms with Gasteiger partial charge in [-0.2, -0.15) is 0 Å². The molecule has 0 radical (unpaired) electrons. The smallest absolute Gasteiger partial charge is 0.253 e. The number of benzene rings is 2. The Hall–Kier alpha value is -2.02. The summed E-state index contributed by atoms with van der Waals surface area (Å²) in [6.07, 6.45) is 0. The summed E-state index contributed by atoms with van der Waals surface area (Å²) in [5.74, 6) is 1.34. The van der Waals surface area contributed by atoms with E-state index in [2.05, 4.69) is 46.7 Å². The van der Waals surface area contributed by atoms with E-state index in [0.717, 1.165) is 10.9 Å². The molecule has 1 aromatic heterocycles. The van der Waals surface area contributed by atoms with Crippen molar-refractivity contribution in [1.82, 2.24) is 20.1 Å². The Balaban J connectivity index is 1.76. The summed E-state index contributed by atoms with van der Waals surface area (Å²) in [6.45, 7) is 6.13. The molecule has 0 fully saturated rings. The lowest BCUT2D eigenvalue weighted by Gasteiger charge is -2.22. The first-order chi connectivity index (χ1) is 14.3. The monoisotopic (exact) mass is 462 g/mol. The summed E-state index contributed by atoms with van der Waals surface area (Å²) in [6, 6.07) is 13.0. The molecule has 0 spiro atoms. The molecular weight excluding hydrogens is 439 g/mol. The third-order valence-electron chi connectivity index (χ3n) is 4.76. The fourth-order valence-electron chi connectivity index (χ4n) is 2.98. The Morgan fingerprint density at radius 2 is 1.83 bits per heavy atom. The first-order valence-electron chi connectivity index (χ1n) is 9.59. The van der Waals surface area contributed by atoms with E-state index in [9.17, 15) is 4.79 Å². The Bertz CT molecular complexity index is 1030. The molecule has 0 bridgehead atoms. The van der Waals surface area contributed by atoms with Crippen molar-refractivity contribution in [2.75, 3.05) is 0 Å². The number of nitrogens with one attached hydrogen (secondary N) is 1. The average Bonchev–Trinajstić information content (AvgIpc) is 3.05. The van der Waals surface area contributed by atoms with E-state index >= 15 is 0 Å². The zero-order chi connectivity index (χ0) is 21.8. The van der Waals surface area contributed by atoms with Crippen molar-refractivity contribution in [3.8, 4) is 0 Å². The Morgan fingerprint density at radius 3 is 2.47 bits per heavy atom. The maximum Gasteiger partial charge on any atom is 0.253 e. The molecule has 2 aromatic carbocycles. The van der Waals surface area contributed by atoms with Crippen LogP contribution in [0, 0.1) is 12.8 Å². The van der Waals surface area contributed by atoms with Crippen molar-refractivity contribution < 1.29 is 4.79 Å². The Labute approximate surface area is 191 Å². The third-order valence-corrected chi connectivity index (χ3v) is 6.40. The number of aromatic nitrogens is 3. The van der Waals surface area contributed by atoms with Crippen LogP contribution in [-0.4, -0.2) is 20.7 Å². The molecule has 1 amide bonds. The number of carbonyl (C=O) groups excluding carboxylic acids is 1. The van der Waals surface area contributed by atoms with Gasteiger partial charge in [0, 0.05) is 17.8 Å². The standard InChI is InChI=1S/C22H24Cl2N4OS/c1-13(2)19(25-21(29)17-10-9-16(23)11-18(17)24)20-26-27-22(28(20)4)30-12-15-7-5-14(3)6-8-15/h5-11,13,19H,12H2,1-4H3,(H,25,29)/t19-/m1/s1. The summed E-state index contributed by atoms with van der Waals surface area (Å²) >= 11 is 13.8. The summed E-state index contributed by atoms with van der Waals surface area (Å²) < 4.78 is 1.94. The van der Waals surface area contributed by atoms with E-state index < -0.39 is 0 Å². The minimum atomic E-state index is -0.310. The zero-order valence-electron chi connectivity index (χ0n) is 17.3. The highest BCUT2D eigenvalue weighted by Crippen LogP contribution is 2.27. The number of thioether (sulfide) groups is 1. The second-order valence-corrected chi connectivity index (χ2v) is 9.28. The van der Waals surface area contributed by atoms with E-state index in [1.165, 1.54) is 11.1 Å². The van der Waals surface area contributed by atoms with Gasteiger partial charge in [-0.1, -0.05) is 78.6 Å². The fourth-order valence-corrected chi connectivity index (χ4v) is 4.35. The van der Waals surface area contributed by atoms with Crippen molar-refractivity contribution in [3.63, 3.8) is 0 Å². The minimum absolute atomic E-state index is 0.109. The number of amides is 1. The van der Waals surface area contributed by atoms with Gasteiger partial charge in [-0.15, -0.1) is 10.2 Å². The lowest BCUT2D eigenvalue weighted by Crippen LogP contribution is -2.33. The predicted molar refractivity (Wildman–Crippen MR) is 123 cm³/mol. The van der Waals surface area contributed by atoms with Crippen molar-refractivity contribution in [3.05, 3.63) is 75.0 Å². The van der Waals surface area contributed by atoms with Crippen LogP contribution in [0.1, 0.15) is 47.2 Å². The number of aryl methyl sites for hydroxylation is 1. The van der Waals surface area contributed by atoms with Gasteiger partial charge >= 0.3 is 0 Å². The van der Waals surface area contributed by atoms with E-state index in [-0.39, 0.29) is 17.9 Å². The lowest BCUT2D eigenvalue weighted by atomic mass is 10.0. The van der Waals surface area contributed by atoms with Crippen molar-refractivity contribution >= 4 is 40.9 Å². The molecule has 0 saturated heterocycles. The van der Waals surface area contributed by atoms with Crippen LogP contribution >= 0.6 is 35.0 Å². The van der Waals surface area contributed by atoms with Crippen LogP contribution < -0.4 is 5.32 Å².